The van der Waals surface area contributed by atoms with E-state index in [1.807, 2.05) is 91.0 Å². The number of rotatable bonds is 6. The molecule has 7 nitrogen and oxygen atoms in total. The van der Waals surface area contributed by atoms with Crippen LogP contribution in [0.4, 0.5) is 11.4 Å². The van der Waals surface area contributed by atoms with Crippen molar-refractivity contribution in [1.82, 2.24) is 4.90 Å². The second-order valence-corrected chi connectivity index (χ2v) is 11.4. The van der Waals surface area contributed by atoms with Crippen molar-refractivity contribution in [3.05, 3.63) is 132 Å². The second kappa shape index (κ2) is 11.4. The Morgan fingerprint density at radius 3 is 1.73 bits per heavy atom. The molecule has 2 unspecified atom stereocenters. The maximum atomic E-state index is 14.4. The van der Waals surface area contributed by atoms with Crippen LogP contribution in [0.3, 0.4) is 0 Å². The second-order valence-electron chi connectivity index (χ2n) is 11.4. The van der Waals surface area contributed by atoms with E-state index in [4.69, 9.17) is 0 Å². The lowest BCUT2D eigenvalue weighted by Crippen LogP contribution is -2.49. The van der Waals surface area contributed by atoms with Crippen LogP contribution < -0.4 is 9.80 Å². The topological polar surface area (TPSA) is 78.0 Å². The largest absolute Gasteiger partial charge is 0.306 e. The average Bonchev–Trinajstić information content (AvgIpc) is 3.61. The third-order valence-electron chi connectivity index (χ3n) is 8.86. The fourth-order valence-corrected chi connectivity index (χ4v) is 6.86. The molecule has 7 rings (SSSR count). The van der Waals surface area contributed by atoms with E-state index in [-0.39, 0.29) is 34.9 Å². The summed E-state index contributed by atoms with van der Waals surface area (Å²) < 4.78 is 0. The van der Waals surface area contributed by atoms with Crippen LogP contribution >= 0.6 is 0 Å². The van der Waals surface area contributed by atoms with Crippen molar-refractivity contribution >= 4 is 46.1 Å². The number of para-hydroxylation sites is 2. The van der Waals surface area contributed by atoms with E-state index in [0.717, 1.165) is 16.9 Å². The lowest BCUT2D eigenvalue weighted by molar-refractivity contribution is -0.140. The fourth-order valence-electron chi connectivity index (χ4n) is 6.86. The quantitative estimate of drug-likeness (QED) is 0.273. The fraction of sp³-hybridized carbons (Fsp3) is 0.189. The van der Waals surface area contributed by atoms with E-state index >= 15 is 0 Å². The molecule has 0 radical (unpaired) electrons. The van der Waals surface area contributed by atoms with E-state index in [1.54, 1.807) is 34.1 Å². The highest BCUT2D eigenvalue weighted by molar-refractivity contribution is 6.49. The van der Waals surface area contributed by atoms with Crippen molar-refractivity contribution < 1.29 is 19.2 Å². The molecule has 2 aliphatic heterocycles. The van der Waals surface area contributed by atoms with Gasteiger partial charge in [0.25, 0.3) is 11.8 Å². The highest BCUT2D eigenvalue weighted by atomic mass is 16.2. The molecule has 44 heavy (non-hydrogen) atoms. The van der Waals surface area contributed by atoms with Gasteiger partial charge >= 0.3 is 0 Å². The summed E-state index contributed by atoms with van der Waals surface area (Å²) in [7, 11) is 0. The third kappa shape index (κ3) is 4.71. The van der Waals surface area contributed by atoms with Gasteiger partial charge in [-0.2, -0.15) is 0 Å². The number of carbonyl (C=O) groups excluding carboxylic acids is 4. The minimum absolute atomic E-state index is 0.00757. The first kappa shape index (κ1) is 27.5. The van der Waals surface area contributed by atoms with Gasteiger partial charge in [-0.15, -0.1) is 0 Å². The minimum Gasteiger partial charge on any atom is -0.306 e. The van der Waals surface area contributed by atoms with E-state index in [2.05, 4.69) is 0 Å². The summed E-state index contributed by atoms with van der Waals surface area (Å²) in [6.45, 7) is -0.0371. The molecular weight excluding hydrogens is 550 g/mol. The predicted octanol–water partition coefficient (Wildman–Crippen LogP) is 5.71. The van der Waals surface area contributed by atoms with Gasteiger partial charge < -0.3 is 9.80 Å². The molecule has 2 atom stereocenters. The van der Waals surface area contributed by atoms with Crippen molar-refractivity contribution in [2.24, 2.45) is 5.92 Å². The molecule has 4 amide bonds. The number of fused-ring (bicyclic) bond motifs is 2. The van der Waals surface area contributed by atoms with Crippen LogP contribution in [0.5, 0.6) is 0 Å². The number of hydrogen-bond acceptors (Lipinski definition) is 4. The zero-order valence-electron chi connectivity index (χ0n) is 24.1. The molecule has 0 spiro atoms. The van der Waals surface area contributed by atoms with Crippen LogP contribution in [0.25, 0.3) is 11.1 Å². The molecule has 4 aromatic carbocycles. The number of imide groups is 1. The van der Waals surface area contributed by atoms with Crippen LogP contribution in [0.15, 0.2) is 115 Å². The van der Waals surface area contributed by atoms with Gasteiger partial charge in [-0.1, -0.05) is 110 Å². The highest BCUT2D eigenvalue weighted by Gasteiger charge is 2.47. The van der Waals surface area contributed by atoms with Crippen LogP contribution in [0, 0.1) is 5.92 Å². The molecule has 2 heterocycles. The third-order valence-corrected chi connectivity index (χ3v) is 8.86. The molecule has 1 fully saturated rings. The Balaban J connectivity index is 1.26. The van der Waals surface area contributed by atoms with Crippen molar-refractivity contribution in [1.29, 1.82) is 0 Å². The maximum Gasteiger partial charge on any atom is 0.262 e. The zero-order valence-corrected chi connectivity index (χ0v) is 24.1. The summed E-state index contributed by atoms with van der Waals surface area (Å²) in [6, 6.07) is 35.1. The SMILES string of the molecule is O=C1C(c2ccccc2)=C(c2ccccc2)C(=O)N1CC(=O)N1c2ccccc2N(Cc2ccccc2)C(=O)C2CCCC21. The Morgan fingerprint density at radius 2 is 1.14 bits per heavy atom. The molecule has 0 N–H and O–H groups in total. The summed E-state index contributed by atoms with van der Waals surface area (Å²) in [6.07, 6.45) is 2.15. The van der Waals surface area contributed by atoms with Crippen molar-refractivity contribution in [3.8, 4) is 0 Å². The van der Waals surface area contributed by atoms with Crippen LogP contribution in [-0.4, -0.2) is 41.1 Å². The van der Waals surface area contributed by atoms with Crippen LogP contribution in [-0.2, 0) is 25.7 Å². The number of carbonyl (C=O) groups is 4. The summed E-state index contributed by atoms with van der Waals surface area (Å²) in [5, 5.41) is 0. The molecule has 1 saturated carbocycles. The molecule has 7 heteroatoms. The van der Waals surface area contributed by atoms with Gasteiger partial charge in [0, 0.05) is 6.04 Å². The van der Waals surface area contributed by atoms with Gasteiger partial charge in [0.05, 0.1) is 35.0 Å². The van der Waals surface area contributed by atoms with Gasteiger partial charge in [-0.3, -0.25) is 24.1 Å². The molecule has 218 valence electrons. The minimum atomic E-state index is -0.499. The molecule has 0 saturated heterocycles. The molecule has 4 aromatic rings. The molecular formula is C37H31N3O4. The Labute approximate surface area is 256 Å². The van der Waals surface area contributed by atoms with Crippen molar-refractivity contribution in [2.45, 2.75) is 31.8 Å². The molecule has 0 aromatic heterocycles. The van der Waals surface area contributed by atoms with E-state index in [1.165, 1.54) is 0 Å². The molecule has 1 aliphatic carbocycles. The molecule has 0 bridgehead atoms. The first-order chi connectivity index (χ1) is 21.5. The normalized spacial score (nSPS) is 19.7. The van der Waals surface area contributed by atoms with Crippen LogP contribution in [0.2, 0.25) is 0 Å². The van der Waals surface area contributed by atoms with E-state index < -0.39 is 18.4 Å². The highest BCUT2D eigenvalue weighted by Crippen LogP contribution is 2.44. The average molecular weight is 582 g/mol. The van der Waals surface area contributed by atoms with Crippen LogP contribution in [0.1, 0.15) is 36.0 Å². The predicted molar refractivity (Wildman–Crippen MR) is 169 cm³/mol. The number of benzene rings is 4. The zero-order chi connectivity index (χ0) is 30.2. The van der Waals surface area contributed by atoms with Crippen molar-refractivity contribution in [3.63, 3.8) is 0 Å². The lowest BCUT2D eigenvalue weighted by atomic mass is 9.96. The first-order valence-electron chi connectivity index (χ1n) is 15.0. The Kier molecular flexibility index (Phi) is 7.14. The first-order valence-corrected chi connectivity index (χ1v) is 15.0. The maximum absolute atomic E-state index is 14.4. The summed E-state index contributed by atoms with van der Waals surface area (Å²) in [5.41, 5.74) is 4.08. The summed E-state index contributed by atoms with van der Waals surface area (Å²) in [5.74, 6) is -1.76. The monoisotopic (exact) mass is 581 g/mol. The Bertz CT molecular complexity index is 1720. The molecule has 3 aliphatic rings. The van der Waals surface area contributed by atoms with Gasteiger partial charge in [0.1, 0.15) is 6.54 Å². The number of anilines is 2. The Morgan fingerprint density at radius 1 is 0.614 bits per heavy atom. The van der Waals surface area contributed by atoms with Gasteiger partial charge in [-0.05, 0) is 41.7 Å². The van der Waals surface area contributed by atoms with Crippen molar-refractivity contribution in [2.75, 3.05) is 16.3 Å². The van der Waals surface area contributed by atoms with Gasteiger partial charge in [0.15, 0.2) is 0 Å². The lowest BCUT2D eigenvalue weighted by Gasteiger charge is -2.32. The standard InChI is InChI=1S/C37H31N3O4/c41-32(24-39-36(43)33(26-15-6-2-7-16-26)34(37(39)44)27-17-8-3-9-18-27)40-29-22-12-19-28(29)35(42)38(23-25-13-4-1-5-14-25)30-20-10-11-21-31(30)40/h1-11,13-18,20-21,28-29H,12,19,22-24H2. The summed E-state index contributed by atoms with van der Waals surface area (Å²) >= 11 is 0. The number of hydrogen-bond donors (Lipinski definition) is 0. The summed E-state index contributed by atoms with van der Waals surface area (Å²) in [4.78, 5) is 61.0. The number of nitrogens with zero attached hydrogens (tertiary/aromatic N) is 3. The smallest absolute Gasteiger partial charge is 0.262 e. The van der Waals surface area contributed by atoms with Gasteiger partial charge in [0.2, 0.25) is 11.8 Å². The van der Waals surface area contributed by atoms with Gasteiger partial charge in [-0.25, -0.2) is 0 Å². The number of amides is 4. The van der Waals surface area contributed by atoms with E-state index in [0.29, 0.717) is 41.9 Å². The Hall–Kier alpha value is -5.30. The van der Waals surface area contributed by atoms with E-state index in [9.17, 15) is 19.2 Å².